The molecule has 1 amide bonds. The molecule has 3 aliphatic rings. The van der Waals surface area contributed by atoms with Crippen molar-refractivity contribution < 1.29 is 4.79 Å². The molecule has 0 bridgehead atoms. The van der Waals surface area contributed by atoms with Crippen LogP contribution < -0.4 is 0 Å². The minimum Gasteiger partial charge on any atom is -0.338 e. The van der Waals surface area contributed by atoms with E-state index in [0.717, 1.165) is 12.1 Å². The van der Waals surface area contributed by atoms with Gasteiger partial charge in [-0.05, 0) is 30.3 Å². The van der Waals surface area contributed by atoms with E-state index in [1.54, 1.807) is 0 Å². The van der Waals surface area contributed by atoms with Crippen LogP contribution in [0.2, 0.25) is 0 Å². The number of hydrogen-bond acceptors (Lipinski definition) is 1. The van der Waals surface area contributed by atoms with Gasteiger partial charge < -0.3 is 4.90 Å². The largest absolute Gasteiger partial charge is 0.338 e. The summed E-state index contributed by atoms with van der Waals surface area (Å²) in [4.78, 5) is 13.7. The van der Waals surface area contributed by atoms with E-state index in [9.17, 15) is 4.79 Å². The number of amides is 1. The highest BCUT2D eigenvalue weighted by Gasteiger charge is 2.55. The van der Waals surface area contributed by atoms with Gasteiger partial charge in [0.1, 0.15) is 0 Å². The van der Waals surface area contributed by atoms with Gasteiger partial charge in [-0.3, -0.25) is 4.79 Å². The molecule has 0 aromatic carbocycles. The van der Waals surface area contributed by atoms with Crippen molar-refractivity contribution in [2.75, 3.05) is 13.6 Å². The van der Waals surface area contributed by atoms with Crippen LogP contribution in [-0.4, -0.2) is 24.4 Å². The standard InChI is InChI=1S/C12H15NO.C2H6/c1-6-4-8-5-13(3)12(14)11(8)10-7(2)9(6)10;1-2/h4,7,9-10H,5H2,1-3H3;1-2H3. The Morgan fingerprint density at radius 3 is 2.56 bits per heavy atom. The Bertz CT molecular complexity index is 392. The molecule has 88 valence electrons. The second-order valence-corrected chi connectivity index (χ2v) is 4.90. The Hall–Kier alpha value is -1.05. The van der Waals surface area contributed by atoms with E-state index in [-0.39, 0.29) is 5.91 Å². The molecular weight excluding hydrogens is 198 g/mol. The van der Waals surface area contributed by atoms with Gasteiger partial charge in [0.05, 0.1) is 0 Å². The van der Waals surface area contributed by atoms with E-state index in [0.29, 0.717) is 17.8 Å². The first kappa shape index (κ1) is 11.4. The number of nitrogens with zero attached hydrogens (tertiary/aromatic N) is 1. The molecule has 1 saturated carbocycles. The average Bonchev–Trinajstić information content (AvgIpc) is 2.85. The molecule has 2 aliphatic carbocycles. The third-order valence-electron chi connectivity index (χ3n) is 3.97. The van der Waals surface area contributed by atoms with Crippen LogP contribution in [0, 0.1) is 17.8 Å². The Labute approximate surface area is 98.0 Å². The van der Waals surface area contributed by atoms with Gasteiger partial charge in [-0.1, -0.05) is 32.4 Å². The smallest absolute Gasteiger partial charge is 0.250 e. The zero-order valence-electron chi connectivity index (χ0n) is 10.9. The fourth-order valence-corrected chi connectivity index (χ4v) is 3.21. The van der Waals surface area contributed by atoms with E-state index < -0.39 is 0 Å². The van der Waals surface area contributed by atoms with Crippen molar-refractivity contribution >= 4 is 5.91 Å². The van der Waals surface area contributed by atoms with Gasteiger partial charge >= 0.3 is 0 Å². The van der Waals surface area contributed by atoms with Crippen LogP contribution >= 0.6 is 0 Å². The molecule has 0 aromatic rings. The maximum absolute atomic E-state index is 11.9. The zero-order valence-corrected chi connectivity index (χ0v) is 10.9. The molecular formula is C14H21NO. The number of hydrogen-bond donors (Lipinski definition) is 0. The molecule has 0 spiro atoms. The van der Waals surface area contributed by atoms with E-state index in [2.05, 4.69) is 19.9 Å². The lowest BCUT2D eigenvalue weighted by Crippen LogP contribution is -2.22. The quantitative estimate of drug-likeness (QED) is 0.613. The number of likely N-dealkylation sites (N-methyl/N-ethyl adjacent to an activating group) is 1. The zero-order chi connectivity index (χ0) is 12.0. The number of carbonyl (C=O) groups is 1. The summed E-state index contributed by atoms with van der Waals surface area (Å²) in [5, 5.41) is 0. The molecule has 2 nitrogen and oxygen atoms in total. The SMILES string of the molecule is CC.CC1=CC2=C(C(=O)N(C)C2)C2C(C)C12. The number of allylic oxidation sites excluding steroid dienone is 1. The maximum atomic E-state index is 11.9. The molecule has 3 atom stereocenters. The summed E-state index contributed by atoms with van der Waals surface area (Å²) in [6, 6.07) is 0. The fourth-order valence-electron chi connectivity index (χ4n) is 3.21. The first-order valence-electron chi connectivity index (χ1n) is 6.28. The molecule has 1 heterocycles. The van der Waals surface area contributed by atoms with Crippen LogP contribution in [0.25, 0.3) is 0 Å². The van der Waals surface area contributed by atoms with Gasteiger partial charge in [-0.15, -0.1) is 0 Å². The van der Waals surface area contributed by atoms with Crippen LogP contribution in [0.1, 0.15) is 27.7 Å². The van der Waals surface area contributed by atoms with Gasteiger partial charge in [0.2, 0.25) is 5.91 Å². The minimum atomic E-state index is 0.267. The van der Waals surface area contributed by atoms with Gasteiger partial charge in [0.25, 0.3) is 0 Å². The second kappa shape index (κ2) is 3.76. The van der Waals surface area contributed by atoms with Gasteiger partial charge in [0.15, 0.2) is 0 Å². The summed E-state index contributed by atoms with van der Waals surface area (Å²) in [7, 11) is 1.89. The van der Waals surface area contributed by atoms with E-state index >= 15 is 0 Å². The lowest BCUT2D eigenvalue weighted by molar-refractivity contribution is -0.124. The molecule has 0 saturated heterocycles. The average molecular weight is 219 g/mol. The van der Waals surface area contributed by atoms with Crippen molar-refractivity contribution in [3.63, 3.8) is 0 Å². The molecule has 3 rings (SSSR count). The predicted molar refractivity (Wildman–Crippen MR) is 65.9 cm³/mol. The van der Waals surface area contributed by atoms with Crippen molar-refractivity contribution in [2.24, 2.45) is 17.8 Å². The Morgan fingerprint density at radius 1 is 1.31 bits per heavy atom. The topological polar surface area (TPSA) is 20.3 Å². The number of fused-ring (bicyclic) bond motifs is 2. The monoisotopic (exact) mass is 219 g/mol. The molecule has 1 aliphatic heterocycles. The number of carbonyl (C=O) groups excluding carboxylic acids is 1. The number of rotatable bonds is 0. The Balaban J connectivity index is 0.000000457. The molecule has 2 heteroatoms. The van der Waals surface area contributed by atoms with E-state index in [1.807, 2.05) is 25.8 Å². The predicted octanol–water partition coefficient (Wildman–Crippen LogP) is 2.62. The minimum absolute atomic E-state index is 0.267. The molecule has 1 fully saturated rings. The van der Waals surface area contributed by atoms with Crippen LogP contribution in [0.5, 0.6) is 0 Å². The Morgan fingerprint density at radius 2 is 1.94 bits per heavy atom. The molecule has 0 radical (unpaired) electrons. The first-order chi connectivity index (χ1) is 7.61. The molecule has 16 heavy (non-hydrogen) atoms. The second-order valence-electron chi connectivity index (χ2n) is 4.90. The summed E-state index contributed by atoms with van der Waals surface area (Å²) >= 11 is 0. The lowest BCUT2D eigenvalue weighted by atomic mass is 9.95. The normalized spacial score (nSPS) is 35.1. The highest BCUT2D eigenvalue weighted by atomic mass is 16.2. The van der Waals surface area contributed by atoms with E-state index in [1.165, 1.54) is 11.1 Å². The highest BCUT2D eigenvalue weighted by Crippen LogP contribution is 2.59. The van der Waals surface area contributed by atoms with Crippen molar-refractivity contribution in [1.82, 2.24) is 4.90 Å². The summed E-state index contributed by atoms with van der Waals surface area (Å²) in [6.07, 6.45) is 2.24. The van der Waals surface area contributed by atoms with Crippen LogP contribution in [-0.2, 0) is 4.79 Å². The van der Waals surface area contributed by atoms with E-state index in [4.69, 9.17) is 0 Å². The first-order valence-corrected chi connectivity index (χ1v) is 6.28. The van der Waals surface area contributed by atoms with Gasteiger partial charge in [-0.25, -0.2) is 0 Å². The highest BCUT2D eigenvalue weighted by molar-refractivity contribution is 5.99. The summed E-state index contributed by atoms with van der Waals surface area (Å²) < 4.78 is 0. The van der Waals surface area contributed by atoms with Crippen molar-refractivity contribution in [3.8, 4) is 0 Å². The van der Waals surface area contributed by atoms with Crippen molar-refractivity contribution in [1.29, 1.82) is 0 Å². The van der Waals surface area contributed by atoms with Crippen LogP contribution in [0.4, 0.5) is 0 Å². The van der Waals surface area contributed by atoms with Crippen LogP contribution in [0.15, 0.2) is 22.8 Å². The summed E-state index contributed by atoms with van der Waals surface area (Å²) in [5.74, 6) is 2.17. The summed E-state index contributed by atoms with van der Waals surface area (Å²) in [5.41, 5.74) is 3.88. The molecule has 0 aromatic heterocycles. The van der Waals surface area contributed by atoms with Gasteiger partial charge in [0, 0.05) is 19.2 Å². The molecule has 0 N–H and O–H groups in total. The summed E-state index contributed by atoms with van der Waals surface area (Å²) in [6.45, 7) is 9.28. The lowest BCUT2D eigenvalue weighted by Gasteiger charge is -2.08. The van der Waals surface area contributed by atoms with Crippen molar-refractivity contribution in [3.05, 3.63) is 22.8 Å². The third kappa shape index (κ3) is 1.35. The maximum Gasteiger partial charge on any atom is 0.250 e. The fraction of sp³-hybridized carbons (Fsp3) is 0.643. The Kier molecular flexibility index (Phi) is 2.69. The van der Waals surface area contributed by atoms with Crippen LogP contribution in [0.3, 0.4) is 0 Å². The van der Waals surface area contributed by atoms with Crippen molar-refractivity contribution in [2.45, 2.75) is 27.7 Å². The van der Waals surface area contributed by atoms with Gasteiger partial charge in [-0.2, -0.15) is 0 Å². The third-order valence-corrected chi connectivity index (χ3v) is 3.97. The molecule has 3 unspecified atom stereocenters.